The number of amides is 1. The zero-order chi connectivity index (χ0) is 10.5. The summed E-state index contributed by atoms with van der Waals surface area (Å²) in [6, 6.07) is 0. The molecule has 0 radical (unpaired) electrons. The van der Waals surface area contributed by atoms with Crippen LogP contribution in [0.1, 0.15) is 13.3 Å². The van der Waals surface area contributed by atoms with Gasteiger partial charge in [-0.2, -0.15) is 0 Å². The summed E-state index contributed by atoms with van der Waals surface area (Å²) in [7, 11) is 0. The van der Waals surface area contributed by atoms with Crippen LogP contribution in [0.2, 0.25) is 0 Å². The minimum atomic E-state index is -1.15. The third-order valence-electron chi connectivity index (χ3n) is 2.23. The maximum Gasteiger partial charge on any atom is 0.353 e. The molecule has 2 heterocycles. The Morgan fingerprint density at radius 2 is 2.36 bits per heavy atom. The largest absolute Gasteiger partial charge is 0.477 e. The molecule has 14 heavy (non-hydrogen) atoms. The van der Waals surface area contributed by atoms with E-state index < -0.39 is 12.1 Å². The van der Waals surface area contributed by atoms with Crippen LogP contribution < -0.4 is 0 Å². The minimum Gasteiger partial charge on any atom is -0.477 e. The molecule has 1 fully saturated rings. The predicted octanol–water partition coefficient (Wildman–Crippen LogP) is -0.0314. The Kier molecular flexibility index (Phi) is 2.04. The van der Waals surface area contributed by atoms with Gasteiger partial charge in [-0.3, -0.25) is 9.69 Å². The number of rotatable bonds is 2. The molecule has 0 saturated carbocycles. The third kappa shape index (κ3) is 1.14. The quantitative estimate of drug-likeness (QED) is 0.632. The van der Waals surface area contributed by atoms with Gasteiger partial charge in [0.15, 0.2) is 0 Å². The van der Waals surface area contributed by atoms with Crippen LogP contribution in [0.15, 0.2) is 10.6 Å². The Hall–Kier alpha value is -1.01. The summed E-state index contributed by atoms with van der Waals surface area (Å²) < 4.78 is 0. The summed E-state index contributed by atoms with van der Waals surface area (Å²) in [6.45, 7) is 1.50. The van der Waals surface area contributed by atoms with Crippen molar-refractivity contribution in [2.45, 2.75) is 24.8 Å². The smallest absolute Gasteiger partial charge is 0.353 e. The second-order valence-electron chi connectivity index (χ2n) is 3.23. The van der Waals surface area contributed by atoms with Gasteiger partial charge in [0.1, 0.15) is 5.70 Å². The predicted molar refractivity (Wildman–Crippen MR) is 49.2 cm³/mol. The van der Waals surface area contributed by atoms with Crippen LogP contribution in [0.5, 0.6) is 0 Å². The zero-order valence-corrected chi connectivity index (χ0v) is 8.24. The number of aliphatic hydroxyl groups is 1. The molecule has 0 aromatic heterocycles. The molecule has 0 aromatic carbocycles. The average Bonchev–Trinajstić information content (AvgIpc) is 2.37. The standard InChI is InChI=1S/C8H9NO4S/c1-3(10)7-6(8(12)13)9-4(11)2-5(9)14-7/h3,5,10H,2H2,1H3,(H,12,13)/t3-,5-/m1/s1. The van der Waals surface area contributed by atoms with Crippen molar-refractivity contribution >= 4 is 23.6 Å². The molecular formula is C8H9NO4S. The molecule has 1 saturated heterocycles. The molecule has 0 aromatic rings. The van der Waals surface area contributed by atoms with Crippen LogP contribution in [0.4, 0.5) is 0 Å². The molecule has 5 nitrogen and oxygen atoms in total. The molecule has 2 N–H and O–H groups in total. The lowest BCUT2D eigenvalue weighted by molar-refractivity contribution is -0.145. The number of hydrogen-bond donors (Lipinski definition) is 2. The molecule has 2 aliphatic heterocycles. The Balaban J connectivity index is 2.38. The summed E-state index contributed by atoms with van der Waals surface area (Å²) in [6.07, 6.45) is -0.470. The van der Waals surface area contributed by atoms with E-state index in [1.807, 2.05) is 0 Å². The highest BCUT2D eigenvalue weighted by molar-refractivity contribution is 8.04. The highest BCUT2D eigenvalue weighted by Crippen LogP contribution is 2.47. The molecule has 1 amide bonds. The van der Waals surface area contributed by atoms with Gasteiger partial charge in [-0.05, 0) is 6.92 Å². The number of nitrogens with zero attached hydrogens (tertiary/aromatic N) is 1. The first-order valence-corrected chi connectivity index (χ1v) is 5.04. The molecule has 6 heteroatoms. The lowest BCUT2D eigenvalue weighted by atomic mass is 10.1. The second-order valence-corrected chi connectivity index (χ2v) is 4.45. The van der Waals surface area contributed by atoms with E-state index in [9.17, 15) is 14.7 Å². The molecule has 76 valence electrons. The number of aliphatic hydroxyl groups excluding tert-OH is 1. The number of carboxylic acid groups (broad SMARTS) is 1. The number of aliphatic carboxylic acids is 1. The fourth-order valence-corrected chi connectivity index (χ4v) is 2.92. The van der Waals surface area contributed by atoms with Gasteiger partial charge in [-0.1, -0.05) is 11.8 Å². The van der Waals surface area contributed by atoms with Crippen molar-refractivity contribution in [1.82, 2.24) is 4.90 Å². The van der Waals surface area contributed by atoms with E-state index in [-0.39, 0.29) is 17.0 Å². The van der Waals surface area contributed by atoms with E-state index in [0.717, 1.165) is 0 Å². The van der Waals surface area contributed by atoms with Crippen molar-refractivity contribution in [1.29, 1.82) is 0 Å². The maximum atomic E-state index is 11.1. The van der Waals surface area contributed by atoms with Crippen LogP contribution in [0.3, 0.4) is 0 Å². The molecule has 2 atom stereocenters. The Morgan fingerprint density at radius 1 is 1.71 bits per heavy atom. The fraction of sp³-hybridized carbons (Fsp3) is 0.500. The summed E-state index contributed by atoms with van der Waals surface area (Å²) in [5.41, 5.74) is -0.0498. The van der Waals surface area contributed by atoms with Crippen molar-refractivity contribution in [3.8, 4) is 0 Å². The van der Waals surface area contributed by atoms with Crippen molar-refractivity contribution in [2.75, 3.05) is 0 Å². The van der Waals surface area contributed by atoms with Gasteiger partial charge in [0, 0.05) is 4.91 Å². The SMILES string of the molecule is C[C@@H](O)C1=C(C(=O)O)N2C(=O)C[C@H]2S1. The molecule has 2 rings (SSSR count). The van der Waals surface area contributed by atoms with Gasteiger partial charge in [0.2, 0.25) is 5.91 Å². The van der Waals surface area contributed by atoms with Crippen LogP contribution in [0.25, 0.3) is 0 Å². The summed E-state index contributed by atoms with van der Waals surface area (Å²) >= 11 is 1.26. The van der Waals surface area contributed by atoms with E-state index in [1.165, 1.54) is 23.6 Å². The van der Waals surface area contributed by atoms with Gasteiger partial charge in [0.05, 0.1) is 17.9 Å². The van der Waals surface area contributed by atoms with Crippen molar-refractivity contribution < 1.29 is 19.8 Å². The first kappa shape index (κ1) is 9.54. The van der Waals surface area contributed by atoms with Crippen molar-refractivity contribution in [3.63, 3.8) is 0 Å². The lowest BCUT2D eigenvalue weighted by Gasteiger charge is -2.33. The molecule has 0 aliphatic carbocycles. The van der Waals surface area contributed by atoms with Crippen LogP contribution in [-0.4, -0.2) is 38.5 Å². The molecule has 0 spiro atoms. The highest BCUT2D eigenvalue weighted by atomic mass is 32.2. The van der Waals surface area contributed by atoms with Gasteiger partial charge >= 0.3 is 5.97 Å². The van der Waals surface area contributed by atoms with E-state index >= 15 is 0 Å². The summed E-state index contributed by atoms with van der Waals surface area (Å²) in [4.78, 5) is 23.6. The number of carbonyl (C=O) groups is 2. The maximum absolute atomic E-state index is 11.1. The average molecular weight is 215 g/mol. The van der Waals surface area contributed by atoms with Crippen LogP contribution in [0, 0.1) is 0 Å². The van der Waals surface area contributed by atoms with E-state index in [2.05, 4.69) is 0 Å². The minimum absolute atomic E-state index is 0.0498. The number of fused-ring (bicyclic) bond motifs is 1. The van der Waals surface area contributed by atoms with E-state index in [1.54, 1.807) is 0 Å². The van der Waals surface area contributed by atoms with Crippen LogP contribution >= 0.6 is 11.8 Å². The van der Waals surface area contributed by atoms with Crippen molar-refractivity contribution in [2.24, 2.45) is 0 Å². The van der Waals surface area contributed by atoms with Gasteiger partial charge in [0.25, 0.3) is 0 Å². The zero-order valence-electron chi connectivity index (χ0n) is 7.43. The number of thioether (sulfide) groups is 1. The molecular weight excluding hydrogens is 206 g/mol. The van der Waals surface area contributed by atoms with E-state index in [4.69, 9.17) is 5.11 Å². The second kappa shape index (κ2) is 2.99. The van der Waals surface area contributed by atoms with E-state index in [0.29, 0.717) is 11.3 Å². The normalized spacial score (nSPS) is 27.4. The monoisotopic (exact) mass is 215 g/mol. The number of carbonyl (C=O) groups excluding carboxylic acids is 1. The Bertz CT molecular complexity index is 349. The first-order valence-electron chi connectivity index (χ1n) is 4.16. The fourth-order valence-electron chi connectivity index (χ4n) is 1.58. The first-order chi connectivity index (χ1) is 6.52. The molecule has 2 aliphatic rings. The topological polar surface area (TPSA) is 77.8 Å². The number of β-lactam (4-membered cyclic amide) rings is 1. The van der Waals surface area contributed by atoms with Crippen molar-refractivity contribution in [3.05, 3.63) is 10.6 Å². The summed E-state index contributed by atoms with van der Waals surface area (Å²) in [5.74, 6) is -1.33. The molecule has 0 bridgehead atoms. The van der Waals surface area contributed by atoms with Gasteiger partial charge in [-0.15, -0.1) is 0 Å². The summed E-state index contributed by atoms with van der Waals surface area (Å²) in [5, 5.41) is 18.1. The highest BCUT2D eigenvalue weighted by Gasteiger charge is 2.49. The molecule has 0 unspecified atom stereocenters. The lowest BCUT2D eigenvalue weighted by Crippen LogP contribution is -2.48. The number of hydrogen-bond acceptors (Lipinski definition) is 4. The number of carboxylic acids is 1. The van der Waals surface area contributed by atoms with Gasteiger partial charge < -0.3 is 10.2 Å². The Labute approximate surface area is 84.4 Å². The van der Waals surface area contributed by atoms with Crippen LogP contribution in [-0.2, 0) is 9.59 Å². The van der Waals surface area contributed by atoms with Gasteiger partial charge in [-0.25, -0.2) is 4.79 Å². The Morgan fingerprint density at radius 3 is 2.79 bits per heavy atom. The third-order valence-corrected chi connectivity index (χ3v) is 3.66.